The van der Waals surface area contributed by atoms with Crippen LogP contribution in [-0.2, 0) is 10.0 Å². The van der Waals surface area contributed by atoms with Crippen LogP contribution in [-0.4, -0.2) is 45.2 Å². The van der Waals surface area contributed by atoms with Crippen LogP contribution in [0.25, 0.3) is 0 Å². The van der Waals surface area contributed by atoms with Gasteiger partial charge in [-0.2, -0.15) is 0 Å². The smallest absolute Gasteiger partial charge is 0.213 e. The molecule has 0 aromatic rings. The summed E-state index contributed by atoms with van der Waals surface area (Å²) in [5.74, 6) is 0.269. The Morgan fingerprint density at radius 1 is 1.13 bits per heavy atom. The third-order valence-corrected chi connectivity index (χ3v) is 4.37. The summed E-state index contributed by atoms with van der Waals surface area (Å²) < 4.78 is 24.5. The van der Waals surface area contributed by atoms with Gasteiger partial charge in [0.2, 0.25) is 10.0 Å². The number of sulfonamides is 1. The first-order valence-electron chi connectivity index (χ1n) is 5.69. The number of unbranched alkanes of at least 4 members (excludes halogenated alkanes) is 1. The number of rotatable bonds is 9. The molecule has 15 heavy (non-hydrogen) atoms. The van der Waals surface area contributed by atoms with E-state index in [1.165, 1.54) is 4.31 Å². The Hall–Kier alpha value is -0.130. The molecule has 4 nitrogen and oxygen atoms in total. The monoisotopic (exact) mass is 236 g/mol. The Morgan fingerprint density at radius 3 is 2.33 bits per heavy atom. The molecule has 0 rings (SSSR count). The molecular weight excluding hydrogens is 212 g/mol. The highest BCUT2D eigenvalue weighted by molar-refractivity contribution is 7.89. The fourth-order valence-electron chi connectivity index (χ4n) is 1.19. The van der Waals surface area contributed by atoms with Gasteiger partial charge in [-0.15, -0.1) is 0 Å². The van der Waals surface area contributed by atoms with Crippen molar-refractivity contribution in [2.24, 2.45) is 0 Å². The maximum atomic E-state index is 11.6. The van der Waals surface area contributed by atoms with Crippen molar-refractivity contribution in [3.05, 3.63) is 0 Å². The van der Waals surface area contributed by atoms with Crippen molar-refractivity contribution in [2.75, 3.05) is 32.4 Å². The second-order valence-electron chi connectivity index (χ2n) is 3.69. The van der Waals surface area contributed by atoms with Gasteiger partial charge in [-0.3, -0.25) is 0 Å². The van der Waals surface area contributed by atoms with E-state index in [4.69, 9.17) is 0 Å². The second-order valence-corrected chi connectivity index (χ2v) is 5.88. The normalized spacial score (nSPS) is 12.3. The Bertz CT molecular complexity index is 240. The van der Waals surface area contributed by atoms with Gasteiger partial charge in [0.25, 0.3) is 0 Å². The summed E-state index contributed by atoms with van der Waals surface area (Å²) in [5, 5.41) is 3.26. The van der Waals surface area contributed by atoms with Gasteiger partial charge in [0.1, 0.15) is 0 Å². The Morgan fingerprint density at radius 2 is 1.80 bits per heavy atom. The SMILES string of the molecule is CCCNCCCCS(=O)(=O)N(C)CC. The van der Waals surface area contributed by atoms with Gasteiger partial charge in [-0.1, -0.05) is 13.8 Å². The first-order chi connectivity index (χ1) is 7.04. The van der Waals surface area contributed by atoms with Crippen molar-refractivity contribution in [1.82, 2.24) is 9.62 Å². The van der Waals surface area contributed by atoms with Crippen LogP contribution in [0.15, 0.2) is 0 Å². The molecule has 0 aromatic carbocycles. The molecular formula is C10H24N2O2S. The van der Waals surface area contributed by atoms with Crippen LogP contribution < -0.4 is 5.32 Å². The molecule has 0 unspecified atom stereocenters. The molecule has 0 atom stereocenters. The zero-order valence-corrected chi connectivity index (χ0v) is 10.9. The third-order valence-electron chi connectivity index (χ3n) is 2.35. The Kier molecular flexibility index (Phi) is 8.00. The highest BCUT2D eigenvalue weighted by Crippen LogP contribution is 2.01. The molecule has 0 aliphatic carbocycles. The summed E-state index contributed by atoms with van der Waals surface area (Å²) in [6, 6.07) is 0. The van der Waals surface area contributed by atoms with Crippen LogP contribution in [0.3, 0.4) is 0 Å². The molecule has 0 saturated carbocycles. The Labute approximate surface area is 94.1 Å². The van der Waals surface area contributed by atoms with Crippen LogP contribution in [0.2, 0.25) is 0 Å². The first-order valence-corrected chi connectivity index (χ1v) is 7.30. The molecule has 0 aliphatic heterocycles. The lowest BCUT2D eigenvalue weighted by Crippen LogP contribution is -2.29. The predicted molar refractivity (Wildman–Crippen MR) is 64.5 cm³/mol. The molecule has 92 valence electrons. The quantitative estimate of drug-likeness (QED) is 0.609. The molecule has 1 N–H and O–H groups in total. The number of hydrogen-bond acceptors (Lipinski definition) is 3. The molecule has 0 saturated heterocycles. The van der Waals surface area contributed by atoms with Gasteiger partial charge >= 0.3 is 0 Å². The van der Waals surface area contributed by atoms with E-state index in [9.17, 15) is 8.42 Å². The third kappa shape index (κ3) is 6.87. The summed E-state index contributed by atoms with van der Waals surface area (Å²) in [6.45, 7) is 6.45. The van der Waals surface area contributed by atoms with E-state index in [-0.39, 0.29) is 5.75 Å². The highest BCUT2D eigenvalue weighted by Gasteiger charge is 2.14. The first kappa shape index (κ1) is 14.9. The van der Waals surface area contributed by atoms with Crippen molar-refractivity contribution in [3.63, 3.8) is 0 Å². The van der Waals surface area contributed by atoms with E-state index in [2.05, 4.69) is 12.2 Å². The van der Waals surface area contributed by atoms with Crippen molar-refractivity contribution < 1.29 is 8.42 Å². The van der Waals surface area contributed by atoms with Gasteiger partial charge in [0, 0.05) is 13.6 Å². The highest BCUT2D eigenvalue weighted by atomic mass is 32.2. The number of nitrogens with one attached hydrogen (secondary N) is 1. The standard InChI is InChI=1S/C10H24N2O2S/c1-4-8-11-9-6-7-10-15(13,14)12(3)5-2/h11H,4-10H2,1-3H3. The maximum absolute atomic E-state index is 11.6. The molecule has 0 aromatic heterocycles. The average Bonchev–Trinajstić information content (AvgIpc) is 2.22. The van der Waals surface area contributed by atoms with Gasteiger partial charge in [0.15, 0.2) is 0 Å². The maximum Gasteiger partial charge on any atom is 0.213 e. The summed E-state index contributed by atoms with van der Waals surface area (Å²) in [5.41, 5.74) is 0. The summed E-state index contributed by atoms with van der Waals surface area (Å²) in [6.07, 6.45) is 2.79. The van der Waals surface area contributed by atoms with Crippen LogP contribution in [0.1, 0.15) is 33.1 Å². The van der Waals surface area contributed by atoms with E-state index in [0.29, 0.717) is 6.54 Å². The average molecular weight is 236 g/mol. The summed E-state index contributed by atoms with van der Waals surface area (Å²) in [4.78, 5) is 0. The summed E-state index contributed by atoms with van der Waals surface area (Å²) >= 11 is 0. The zero-order valence-electron chi connectivity index (χ0n) is 10.1. The molecule has 0 heterocycles. The molecule has 0 radical (unpaired) electrons. The van der Waals surface area contributed by atoms with Crippen molar-refractivity contribution in [2.45, 2.75) is 33.1 Å². The van der Waals surface area contributed by atoms with Crippen molar-refractivity contribution >= 4 is 10.0 Å². The van der Waals surface area contributed by atoms with Gasteiger partial charge in [0.05, 0.1) is 5.75 Å². The minimum Gasteiger partial charge on any atom is -0.317 e. The van der Waals surface area contributed by atoms with Gasteiger partial charge in [-0.25, -0.2) is 12.7 Å². The van der Waals surface area contributed by atoms with Crippen LogP contribution in [0, 0.1) is 0 Å². The largest absolute Gasteiger partial charge is 0.317 e. The lowest BCUT2D eigenvalue weighted by Gasteiger charge is -2.14. The van der Waals surface area contributed by atoms with E-state index in [0.717, 1.165) is 32.4 Å². The topological polar surface area (TPSA) is 49.4 Å². The lowest BCUT2D eigenvalue weighted by atomic mass is 10.3. The summed E-state index contributed by atoms with van der Waals surface area (Å²) in [7, 11) is -1.37. The van der Waals surface area contributed by atoms with Crippen LogP contribution in [0.4, 0.5) is 0 Å². The van der Waals surface area contributed by atoms with E-state index < -0.39 is 10.0 Å². The van der Waals surface area contributed by atoms with Gasteiger partial charge in [-0.05, 0) is 32.4 Å². The van der Waals surface area contributed by atoms with Crippen molar-refractivity contribution in [1.29, 1.82) is 0 Å². The Balaban J connectivity index is 3.58. The van der Waals surface area contributed by atoms with E-state index in [1.54, 1.807) is 7.05 Å². The fraction of sp³-hybridized carbons (Fsp3) is 1.00. The lowest BCUT2D eigenvalue weighted by molar-refractivity contribution is 0.483. The van der Waals surface area contributed by atoms with Gasteiger partial charge < -0.3 is 5.32 Å². The minimum atomic E-state index is -3.00. The van der Waals surface area contributed by atoms with Crippen molar-refractivity contribution in [3.8, 4) is 0 Å². The minimum absolute atomic E-state index is 0.269. The van der Waals surface area contributed by atoms with E-state index >= 15 is 0 Å². The second kappa shape index (κ2) is 8.07. The van der Waals surface area contributed by atoms with E-state index in [1.807, 2.05) is 6.92 Å². The molecule has 0 aliphatic rings. The molecule has 0 fully saturated rings. The molecule has 5 heteroatoms. The van der Waals surface area contributed by atoms with Crippen LogP contribution in [0.5, 0.6) is 0 Å². The predicted octanol–water partition coefficient (Wildman–Crippen LogP) is 1.05. The zero-order chi connectivity index (χ0) is 11.7. The number of hydrogen-bond donors (Lipinski definition) is 1. The molecule has 0 amide bonds. The van der Waals surface area contributed by atoms with Crippen LogP contribution >= 0.6 is 0 Å². The molecule has 0 spiro atoms. The number of nitrogens with zero attached hydrogens (tertiary/aromatic N) is 1. The fourth-order valence-corrected chi connectivity index (χ4v) is 2.46. The molecule has 0 bridgehead atoms.